The fraction of sp³-hybridized carbons (Fsp3) is 0.692. The highest BCUT2D eigenvalue weighted by atomic mass is 14.3. The molecule has 0 amide bonds. The first-order valence-electron chi connectivity index (χ1n) is 5.63. The molecule has 0 aromatic heterocycles. The van der Waals surface area contributed by atoms with E-state index >= 15 is 0 Å². The van der Waals surface area contributed by atoms with Crippen LogP contribution in [0.2, 0.25) is 0 Å². The molecule has 0 unspecified atom stereocenters. The van der Waals surface area contributed by atoms with E-state index in [-0.39, 0.29) is 0 Å². The largest absolute Gasteiger partial charge is 0.0842 e. The summed E-state index contributed by atoms with van der Waals surface area (Å²) in [6.45, 7) is 2.47. The van der Waals surface area contributed by atoms with Crippen LogP contribution in [0, 0.1) is 5.41 Å². The summed E-state index contributed by atoms with van der Waals surface area (Å²) in [6.07, 6.45) is 16.6. The zero-order valence-corrected chi connectivity index (χ0v) is 8.68. The van der Waals surface area contributed by atoms with Crippen LogP contribution < -0.4 is 0 Å². The minimum absolute atomic E-state index is 0.650. The molecular weight excluding hydrogens is 156 g/mol. The molecule has 0 nitrogen and oxygen atoms in total. The van der Waals surface area contributed by atoms with Crippen LogP contribution >= 0.6 is 0 Å². The number of rotatable bonds is 2. The molecule has 0 saturated heterocycles. The summed E-state index contributed by atoms with van der Waals surface area (Å²) >= 11 is 0. The van der Waals surface area contributed by atoms with E-state index in [1.807, 2.05) is 0 Å². The van der Waals surface area contributed by atoms with E-state index in [9.17, 15) is 0 Å². The molecule has 0 heteroatoms. The van der Waals surface area contributed by atoms with Gasteiger partial charge in [0.25, 0.3) is 0 Å². The van der Waals surface area contributed by atoms with E-state index < -0.39 is 0 Å². The highest BCUT2D eigenvalue weighted by Crippen LogP contribution is 2.43. The topological polar surface area (TPSA) is 0 Å². The highest BCUT2D eigenvalue weighted by molar-refractivity contribution is 5.19. The molecule has 1 fully saturated rings. The average molecular weight is 176 g/mol. The Morgan fingerprint density at radius 2 is 2.08 bits per heavy atom. The molecule has 0 atom stereocenters. The third-order valence-electron chi connectivity index (χ3n) is 3.56. The fourth-order valence-electron chi connectivity index (χ4n) is 2.75. The Balaban J connectivity index is 1.96. The van der Waals surface area contributed by atoms with Crippen LogP contribution in [0.4, 0.5) is 0 Å². The van der Waals surface area contributed by atoms with Gasteiger partial charge >= 0.3 is 0 Å². The minimum atomic E-state index is 0.650. The highest BCUT2D eigenvalue weighted by Gasteiger charge is 2.29. The number of hydrogen-bond acceptors (Lipinski definition) is 0. The first kappa shape index (κ1) is 9.05. The Bertz CT molecular complexity index is 226. The van der Waals surface area contributed by atoms with E-state index in [1.54, 1.807) is 5.57 Å². The molecule has 0 aliphatic heterocycles. The van der Waals surface area contributed by atoms with Gasteiger partial charge in [0, 0.05) is 0 Å². The molecule has 0 spiro atoms. The molecule has 2 rings (SSSR count). The molecule has 0 radical (unpaired) electrons. The van der Waals surface area contributed by atoms with Crippen LogP contribution in [0.5, 0.6) is 0 Å². The number of allylic oxidation sites excluding steroid dienone is 4. The van der Waals surface area contributed by atoms with Gasteiger partial charge in [-0.1, -0.05) is 43.6 Å². The smallest absolute Gasteiger partial charge is 0.0263 e. The summed E-state index contributed by atoms with van der Waals surface area (Å²) in [7, 11) is 0. The van der Waals surface area contributed by atoms with Crippen molar-refractivity contribution in [2.75, 3.05) is 0 Å². The predicted molar refractivity (Wildman–Crippen MR) is 57.6 cm³/mol. The maximum absolute atomic E-state index is 2.47. The van der Waals surface area contributed by atoms with Gasteiger partial charge < -0.3 is 0 Å². The van der Waals surface area contributed by atoms with Gasteiger partial charge in [0.15, 0.2) is 0 Å². The van der Waals surface area contributed by atoms with Crippen molar-refractivity contribution in [2.24, 2.45) is 5.41 Å². The van der Waals surface area contributed by atoms with Crippen LogP contribution in [0.25, 0.3) is 0 Å². The van der Waals surface area contributed by atoms with Crippen molar-refractivity contribution >= 4 is 0 Å². The van der Waals surface area contributed by atoms with Gasteiger partial charge in [0.2, 0.25) is 0 Å². The van der Waals surface area contributed by atoms with Crippen molar-refractivity contribution in [3.8, 4) is 0 Å². The second kappa shape index (κ2) is 3.69. The lowest BCUT2D eigenvalue weighted by Gasteiger charge is -2.25. The van der Waals surface area contributed by atoms with Crippen molar-refractivity contribution < 1.29 is 0 Å². The Morgan fingerprint density at radius 3 is 2.69 bits per heavy atom. The SMILES string of the molecule is CC1(CC2=CC=CCC2)CCCC1. The molecule has 0 heterocycles. The van der Waals surface area contributed by atoms with Crippen LogP contribution in [0.3, 0.4) is 0 Å². The monoisotopic (exact) mass is 176 g/mol. The van der Waals surface area contributed by atoms with Crippen molar-refractivity contribution in [2.45, 2.75) is 51.9 Å². The molecule has 0 bridgehead atoms. The predicted octanol–water partition coefficient (Wildman–Crippen LogP) is 4.23. The van der Waals surface area contributed by atoms with Gasteiger partial charge in [0.1, 0.15) is 0 Å². The molecule has 0 N–H and O–H groups in total. The summed E-state index contributed by atoms with van der Waals surface area (Å²) < 4.78 is 0. The maximum Gasteiger partial charge on any atom is -0.0263 e. The third-order valence-corrected chi connectivity index (χ3v) is 3.56. The lowest BCUT2D eigenvalue weighted by atomic mass is 9.80. The van der Waals surface area contributed by atoms with Crippen molar-refractivity contribution in [3.05, 3.63) is 23.8 Å². The third kappa shape index (κ3) is 2.24. The van der Waals surface area contributed by atoms with Gasteiger partial charge in [-0.3, -0.25) is 0 Å². The normalized spacial score (nSPS) is 26.1. The fourth-order valence-corrected chi connectivity index (χ4v) is 2.75. The Labute approximate surface area is 81.7 Å². The minimum Gasteiger partial charge on any atom is -0.0842 e. The Hall–Kier alpha value is -0.520. The van der Waals surface area contributed by atoms with Crippen LogP contribution in [0.15, 0.2) is 23.8 Å². The van der Waals surface area contributed by atoms with Gasteiger partial charge in [-0.05, 0) is 37.5 Å². The van der Waals surface area contributed by atoms with Crippen LogP contribution in [-0.2, 0) is 0 Å². The Morgan fingerprint density at radius 1 is 1.31 bits per heavy atom. The zero-order valence-electron chi connectivity index (χ0n) is 8.68. The van der Waals surface area contributed by atoms with Gasteiger partial charge in [-0.2, -0.15) is 0 Å². The summed E-state index contributed by atoms with van der Waals surface area (Å²) in [4.78, 5) is 0. The molecule has 72 valence electrons. The summed E-state index contributed by atoms with van der Waals surface area (Å²) in [5.74, 6) is 0. The first-order chi connectivity index (χ1) is 6.29. The molecule has 13 heavy (non-hydrogen) atoms. The van der Waals surface area contributed by atoms with E-state index in [1.165, 1.54) is 44.9 Å². The molecule has 1 saturated carbocycles. The van der Waals surface area contributed by atoms with E-state index in [2.05, 4.69) is 25.2 Å². The summed E-state index contributed by atoms with van der Waals surface area (Å²) in [5, 5.41) is 0. The molecule has 2 aliphatic carbocycles. The van der Waals surface area contributed by atoms with Gasteiger partial charge in [-0.15, -0.1) is 0 Å². The quantitative estimate of drug-likeness (QED) is 0.590. The second-order valence-electron chi connectivity index (χ2n) is 4.99. The summed E-state index contributed by atoms with van der Waals surface area (Å²) in [6, 6.07) is 0. The Kier molecular flexibility index (Phi) is 2.57. The average Bonchev–Trinajstić information content (AvgIpc) is 2.54. The van der Waals surface area contributed by atoms with E-state index in [0.717, 1.165) is 0 Å². The zero-order chi connectivity index (χ0) is 9.15. The second-order valence-corrected chi connectivity index (χ2v) is 4.99. The summed E-state index contributed by atoms with van der Waals surface area (Å²) in [5.41, 5.74) is 2.34. The van der Waals surface area contributed by atoms with E-state index in [0.29, 0.717) is 5.41 Å². The standard InChI is InChI=1S/C13H20/c1-13(9-5-6-10-13)11-12-7-3-2-4-8-12/h2-3,7H,4-6,8-11H2,1H3. The van der Waals surface area contributed by atoms with E-state index in [4.69, 9.17) is 0 Å². The molecular formula is C13H20. The van der Waals surface area contributed by atoms with Crippen LogP contribution in [-0.4, -0.2) is 0 Å². The molecule has 0 aromatic rings. The first-order valence-corrected chi connectivity index (χ1v) is 5.63. The van der Waals surface area contributed by atoms with Crippen molar-refractivity contribution in [1.29, 1.82) is 0 Å². The van der Waals surface area contributed by atoms with Crippen LogP contribution in [0.1, 0.15) is 51.9 Å². The molecule has 0 aromatic carbocycles. The van der Waals surface area contributed by atoms with Gasteiger partial charge in [-0.25, -0.2) is 0 Å². The lowest BCUT2D eigenvalue weighted by molar-refractivity contribution is 0.330. The van der Waals surface area contributed by atoms with Gasteiger partial charge in [0.05, 0.1) is 0 Å². The lowest BCUT2D eigenvalue weighted by Crippen LogP contribution is -2.12. The van der Waals surface area contributed by atoms with Crippen molar-refractivity contribution in [3.63, 3.8) is 0 Å². The maximum atomic E-state index is 2.47. The van der Waals surface area contributed by atoms with Crippen molar-refractivity contribution in [1.82, 2.24) is 0 Å². The number of hydrogen-bond donors (Lipinski definition) is 0. The molecule has 2 aliphatic rings.